The van der Waals surface area contributed by atoms with Crippen LogP contribution in [-0.4, -0.2) is 84.2 Å². The summed E-state index contributed by atoms with van der Waals surface area (Å²) in [6.45, 7) is 4.44. The Bertz CT molecular complexity index is 1290. The number of benzene rings is 2. The minimum atomic E-state index is -0.920. The number of aliphatic hydroxyl groups excluding tert-OH is 1. The number of amides is 1. The molecule has 0 unspecified atom stereocenters. The first kappa shape index (κ1) is 30.9. The van der Waals surface area contributed by atoms with E-state index in [2.05, 4.69) is 6.92 Å². The van der Waals surface area contributed by atoms with E-state index in [-0.39, 0.29) is 32.6 Å². The van der Waals surface area contributed by atoms with Gasteiger partial charge < -0.3 is 39.8 Å². The first-order valence-electron chi connectivity index (χ1n) is 15.3. The molecule has 2 aromatic carbocycles. The SMILES string of the molecule is CCCCN(CCCCN)C(=O)CN1C[C@H](c2cc(CO)c3c(c2)OCO3)[C@@H](C(=O)O)[C@@H]1CCc1cccc2c1OCO2. The van der Waals surface area contributed by atoms with Gasteiger partial charge in [-0.05, 0) is 68.0 Å². The van der Waals surface area contributed by atoms with Crippen molar-refractivity contribution in [3.8, 4) is 23.0 Å². The van der Waals surface area contributed by atoms with Crippen LogP contribution in [0.4, 0.5) is 0 Å². The van der Waals surface area contributed by atoms with Crippen molar-refractivity contribution in [2.45, 2.75) is 64.0 Å². The van der Waals surface area contributed by atoms with Gasteiger partial charge in [0.25, 0.3) is 0 Å². The number of rotatable bonds is 15. The molecule has 3 aliphatic rings. The molecular weight excluding hydrogens is 554 g/mol. The van der Waals surface area contributed by atoms with Crippen LogP contribution in [0.3, 0.4) is 0 Å². The number of hydrogen-bond donors (Lipinski definition) is 3. The Morgan fingerprint density at radius 1 is 1.00 bits per heavy atom. The molecular formula is C32H43N3O8. The number of ether oxygens (including phenoxy) is 4. The third-order valence-electron chi connectivity index (χ3n) is 8.75. The summed E-state index contributed by atoms with van der Waals surface area (Å²) in [5.74, 6) is 0.247. The minimum absolute atomic E-state index is 0.000620. The molecule has 0 spiro atoms. The third kappa shape index (κ3) is 6.84. The van der Waals surface area contributed by atoms with Crippen LogP contribution >= 0.6 is 0 Å². The lowest BCUT2D eigenvalue weighted by Gasteiger charge is -2.30. The molecule has 0 aromatic heterocycles. The van der Waals surface area contributed by atoms with Crippen LogP contribution in [0.2, 0.25) is 0 Å². The summed E-state index contributed by atoms with van der Waals surface area (Å²) in [5.41, 5.74) is 7.97. The van der Waals surface area contributed by atoms with Crippen LogP contribution in [0.5, 0.6) is 23.0 Å². The van der Waals surface area contributed by atoms with Gasteiger partial charge in [0.05, 0.1) is 19.1 Å². The van der Waals surface area contributed by atoms with Crippen molar-refractivity contribution in [1.82, 2.24) is 9.80 Å². The van der Waals surface area contributed by atoms with Crippen molar-refractivity contribution >= 4 is 11.9 Å². The maximum Gasteiger partial charge on any atom is 0.308 e. The summed E-state index contributed by atoms with van der Waals surface area (Å²) in [6, 6.07) is 8.96. The lowest BCUT2D eigenvalue weighted by Crippen LogP contribution is -2.45. The van der Waals surface area contributed by atoms with Crippen LogP contribution in [0.15, 0.2) is 30.3 Å². The smallest absolute Gasteiger partial charge is 0.308 e. The number of carboxylic acids is 1. The Balaban J connectivity index is 1.44. The van der Waals surface area contributed by atoms with Gasteiger partial charge in [-0.3, -0.25) is 14.5 Å². The first-order chi connectivity index (χ1) is 20.9. The number of carbonyl (C=O) groups is 2. The summed E-state index contributed by atoms with van der Waals surface area (Å²) in [4.78, 5) is 30.7. The maximum atomic E-state index is 13.7. The van der Waals surface area contributed by atoms with Crippen molar-refractivity contribution in [3.63, 3.8) is 0 Å². The Morgan fingerprint density at radius 2 is 1.74 bits per heavy atom. The van der Waals surface area contributed by atoms with Crippen LogP contribution < -0.4 is 24.7 Å². The molecule has 3 heterocycles. The van der Waals surface area contributed by atoms with E-state index in [1.165, 1.54) is 0 Å². The molecule has 4 N–H and O–H groups in total. The van der Waals surface area contributed by atoms with Crippen molar-refractivity contribution in [2.24, 2.45) is 11.7 Å². The average molecular weight is 598 g/mol. The number of carboxylic acid groups (broad SMARTS) is 1. The molecule has 5 rings (SSSR count). The summed E-state index contributed by atoms with van der Waals surface area (Å²) in [6.07, 6.45) is 4.63. The molecule has 234 valence electrons. The van der Waals surface area contributed by atoms with E-state index in [0.717, 1.165) is 36.8 Å². The molecule has 1 fully saturated rings. The molecule has 11 nitrogen and oxygen atoms in total. The van der Waals surface area contributed by atoms with E-state index in [4.69, 9.17) is 24.7 Å². The van der Waals surface area contributed by atoms with Crippen LogP contribution in [0.25, 0.3) is 0 Å². The largest absolute Gasteiger partial charge is 0.481 e. The number of nitrogens with zero attached hydrogens (tertiary/aromatic N) is 2. The lowest BCUT2D eigenvalue weighted by molar-refractivity contribution is -0.143. The maximum absolute atomic E-state index is 13.7. The van der Waals surface area contributed by atoms with Gasteiger partial charge in [0, 0.05) is 37.2 Å². The zero-order valence-electron chi connectivity index (χ0n) is 24.8. The summed E-state index contributed by atoms with van der Waals surface area (Å²) >= 11 is 0. The van der Waals surface area contributed by atoms with Crippen molar-refractivity contribution in [3.05, 3.63) is 47.0 Å². The minimum Gasteiger partial charge on any atom is -0.481 e. The van der Waals surface area contributed by atoms with E-state index in [1.807, 2.05) is 40.1 Å². The number of para-hydroxylation sites is 1. The van der Waals surface area contributed by atoms with Gasteiger partial charge in [0.2, 0.25) is 19.5 Å². The molecule has 0 saturated carbocycles. The quantitative estimate of drug-likeness (QED) is 0.262. The molecule has 0 radical (unpaired) electrons. The predicted octanol–water partition coefficient (Wildman–Crippen LogP) is 3.11. The highest BCUT2D eigenvalue weighted by Crippen LogP contribution is 2.45. The molecule has 1 amide bonds. The van der Waals surface area contributed by atoms with E-state index in [1.54, 1.807) is 0 Å². The van der Waals surface area contributed by atoms with Gasteiger partial charge >= 0.3 is 5.97 Å². The fraction of sp³-hybridized carbons (Fsp3) is 0.562. The Kier molecular flexibility index (Phi) is 10.3. The number of aryl methyl sites for hydroxylation is 1. The van der Waals surface area contributed by atoms with E-state index < -0.39 is 23.8 Å². The Morgan fingerprint density at radius 3 is 2.47 bits per heavy atom. The molecule has 2 aromatic rings. The zero-order chi connectivity index (χ0) is 30.3. The Hall–Kier alpha value is -3.54. The normalized spacial score (nSPS) is 20.5. The summed E-state index contributed by atoms with van der Waals surface area (Å²) in [7, 11) is 0. The van der Waals surface area contributed by atoms with Gasteiger partial charge in [-0.1, -0.05) is 25.5 Å². The summed E-state index contributed by atoms with van der Waals surface area (Å²) in [5, 5.41) is 20.7. The molecule has 3 aliphatic heterocycles. The lowest BCUT2D eigenvalue weighted by atomic mass is 9.82. The highest BCUT2D eigenvalue weighted by Gasteiger charge is 2.47. The predicted molar refractivity (Wildman–Crippen MR) is 158 cm³/mol. The second-order valence-corrected chi connectivity index (χ2v) is 11.5. The molecule has 0 bridgehead atoms. The summed E-state index contributed by atoms with van der Waals surface area (Å²) < 4.78 is 22.4. The van der Waals surface area contributed by atoms with E-state index >= 15 is 0 Å². The van der Waals surface area contributed by atoms with Gasteiger partial charge in [-0.15, -0.1) is 0 Å². The molecule has 0 aliphatic carbocycles. The molecule has 1 saturated heterocycles. The second-order valence-electron chi connectivity index (χ2n) is 11.5. The van der Waals surface area contributed by atoms with Crippen molar-refractivity contribution < 1.29 is 38.7 Å². The monoisotopic (exact) mass is 597 g/mol. The topological polar surface area (TPSA) is 144 Å². The fourth-order valence-electron chi connectivity index (χ4n) is 6.55. The zero-order valence-corrected chi connectivity index (χ0v) is 24.8. The van der Waals surface area contributed by atoms with Gasteiger partial charge in [0.15, 0.2) is 23.0 Å². The van der Waals surface area contributed by atoms with E-state index in [0.29, 0.717) is 67.6 Å². The highest BCUT2D eigenvalue weighted by atomic mass is 16.7. The van der Waals surface area contributed by atoms with E-state index in [9.17, 15) is 19.8 Å². The number of hydrogen-bond acceptors (Lipinski definition) is 9. The number of carbonyl (C=O) groups excluding carboxylic acids is 1. The molecule has 43 heavy (non-hydrogen) atoms. The molecule has 3 atom stereocenters. The Labute approximate surface area is 252 Å². The number of aliphatic carboxylic acids is 1. The number of aliphatic hydroxyl groups is 1. The van der Waals surface area contributed by atoms with Crippen molar-refractivity contribution in [1.29, 1.82) is 0 Å². The molecule has 11 heteroatoms. The fourth-order valence-corrected chi connectivity index (χ4v) is 6.55. The van der Waals surface area contributed by atoms with Crippen LogP contribution in [0.1, 0.15) is 61.6 Å². The van der Waals surface area contributed by atoms with Gasteiger partial charge in [-0.25, -0.2) is 0 Å². The van der Waals surface area contributed by atoms with Crippen LogP contribution in [0, 0.1) is 5.92 Å². The van der Waals surface area contributed by atoms with Crippen LogP contribution in [-0.2, 0) is 22.6 Å². The number of fused-ring (bicyclic) bond motifs is 2. The number of nitrogens with two attached hydrogens (primary N) is 1. The first-order valence-corrected chi connectivity index (χ1v) is 15.3. The highest BCUT2D eigenvalue weighted by molar-refractivity contribution is 5.79. The average Bonchev–Trinajstić information content (AvgIpc) is 3.76. The van der Waals surface area contributed by atoms with Gasteiger partial charge in [-0.2, -0.15) is 0 Å². The van der Waals surface area contributed by atoms with Crippen molar-refractivity contribution in [2.75, 3.05) is 46.3 Å². The second kappa shape index (κ2) is 14.3. The standard InChI is InChI=1S/C32H43N3O8/c1-2-3-12-34(13-5-4-11-33)28(37)17-35-16-24(22-14-23(18-36)31-27(15-22)41-20-43-31)29(32(38)39)25(35)10-9-21-7-6-8-26-30(21)42-19-40-26/h6-8,14-15,24-25,29,36H,2-5,9-13,16-20,33H2,1H3,(H,38,39)/t24-,25+,29-/m1/s1. The van der Waals surface area contributed by atoms with Gasteiger partial charge in [0.1, 0.15) is 0 Å². The number of unbranched alkanes of at least 4 members (excludes halogenated alkanes) is 2. The number of likely N-dealkylation sites (tertiary alicyclic amines) is 1. The third-order valence-corrected chi connectivity index (χ3v) is 8.75.